The zero-order valence-electron chi connectivity index (χ0n) is 14.1. The summed E-state index contributed by atoms with van der Waals surface area (Å²) >= 11 is 0. The summed E-state index contributed by atoms with van der Waals surface area (Å²) in [5.41, 5.74) is 2.09. The Kier molecular flexibility index (Phi) is 4.98. The zero-order valence-corrected chi connectivity index (χ0v) is 14.1. The highest BCUT2D eigenvalue weighted by Crippen LogP contribution is 2.27. The van der Waals surface area contributed by atoms with Crippen LogP contribution >= 0.6 is 0 Å². The van der Waals surface area contributed by atoms with E-state index in [1.165, 1.54) is 12.1 Å². The van der Waals surface area contributed by atoms with Gasteiger partial charge >= 0.3 is 0 Å². The molecule has 25 heavy (non-hydrogen) atoms. The van der Waals surface area contributed by atoms with E-state index in [0.29, 0.717) is 28.9 Å². The lowest BCUT2D eigenvalue weighted by Crippen LogP contribution is -2.24. The van der Waals surface area contributed by atoms with Gasteiger partial charge in [0.1, 0.15) is 11.6 Å². The van der Waals surface area contributed by atoms with Crippen LogP contribution in [0, 0.1) is 5.82 Å². The van der Waals surface area contributed by atoms with Crippen molar-refractivity contribution in [2.75, 3.05) is 0 Å². The molecule has 0 radical (unpaired) electrons. The summed E-state index contributed by atoms with van der Waals surface area (Å²) in [5, 5.41) is 10.4. The minimum Gasteiger partial charge on any atom is -0.507 e. The minimum absolute atomic E-state index is 0.00930. The quantitative estimate of drug-likeness (QED) is 0.734. The van der Waals surface area contributed by atoms with Crippen LogP contribution in [-0.4, -0.2) is 9.67 Å². The Morgan fingerprint density at radius 1 is 1.04 bits per heavy atom. The Morgan fingerprint density at radius 2 is 1.72 bits per heavy atom. The highest BCUT2D eigenvalue weighted by molar-refractivity contribution is 5.65. The molecule has 0 spiro atoms. The Morgan fingerprint density at radius 3 is 2.36 bits per heavy atom. The normalized spacial score (nSPS) is 10.8. The largest absolute Gasteiger partial charge is 0.507 e. The van der Waals surface area contributed by atoms with Gasteiger partial charge in [-0.2, -0.15) is 0 Å². The molecule has 0 unspecified atom stereocenters. The van der Waals surface area contributed by atoms with Crippen LogP contribution in [-0.2, 0) is 6.42 Å². The molecular formula is C21H20FNO2. The molecule has 0 saturated carbocycles. The molecule has 0 amide bonds. The van der Waals surface area contributed by atoms with Crippen LogP contribution in [0.3, 0.4) is 0 Å². The molecule has 1 aromatic heterocycles. The van der Waals surface area contributed by atoms with Gasteiger partial charge in [0.25, 0.3) is 5.56 Å². The first-order valence-electron chi connectivity index (χ1n) is 8.41. The van der Waals surface area contributed by atoms with Gasteiger partial charge in [-0.15, -0.1) is 0 Å². The lowest BCUT2D eigenvalue weighted by Gasteiger charge is -2.16. The van der Waals surface area contributed by atoms with E-state index in [1.807, 2.05) is 37.3 Å². The standard InChI is InChI=1S/C21H20FNO2/c1-2-3-9-18-20(24)14-19(15-10-12-16(22)13-11-15)23(21(18)25)17-7-5-4-6-8-17/h4-8,10-14,24H,2-3,9H2,1H3. The molecule has 3 rings (SSSR count). The molecule has 1 heterocycles. The molecule has 1 N–H and O–H groups in total. The van der Waals surface area contributed by atoms with Crippen LogP contribution in [0.15, 0.2) is 65.5 Å². The summed E-state index contributed by atoms with van der Waals surface area (Å²) in [6, 6.07) is 16.8. The molecule has 0 aliphatic heterocycles. The molecule has 3 nitrogen and oxygen atoms in total. The molecule has 0 bridgehead atoms. The van der Waals surface area contributed by atoms with Gasteiger partial charge in [0.05, 0.1) is 11.3 Å². The van der Waals surface area contributed by atoms with Gasteiger partial charge in [-0.1, -0.05) is 31.5 Å². The second kappa shape index (κ2) is 7.34. The zero-order chi connectivity index (χ0) is 17.8. The fourth-order valence-corrected chi connectivity index (χ4v) is 2.89. The van der Waals surface area contributed by atoms with Crippen molar-refractivity contribution in [2.24, 2.45) is 0 Å². The van der Waals surface area contributed by atoms with Crippen molar-refractivity contribution in [2.45, 2.75) is 26.2 Å². The average molecular weight is 337 g/mol. The van der Waals surface area contributed by atoms with Gasteiger partial charge in [-0.3, -0.25) is 9.36 Å². The lowest BCUT2D eigenvalue weighted by molar-refractivity contribution is 0.464. The maximum Gasteiger partial charge on any atom is 0.262 e. The molecule has 0 aliphatic carbocycles. The lowest BCUT2D eigenvalue weighted by atomic mass is 10.0. The Hall–Kier alpha value is -2.88. The van der Waals surface area contributed by atoms with Gasteiger partial charge in [-0.05, 0) is 54.8 Å². The van der Waals surface area contributed by atoms with Gasteiger partial charge in [-0.25, -0.2) is 4.39 Å². The van der Waals surface area contributed by atoms with Crippen molar-refractivity contribution < 1.29 is 9.50 Å². The monoisotopic (exact) mass is 337 g/mol. The van der Waals surface area contributed by atoms with E-state index >= 15 is 0 Å². The number of rotatable bonds is 5. The second-order valence-corrected chi connectivity index (χ2v) is 5.98. The van der Waals surface area contributed by atoms with Crippen LogP contribution in [0.2, 0.25) is 0 Å². The fraction of sp³-hybridized carbons (Fsp3) is 0.190. The van der Waals surface area contributed by atoms with Crippen molar-refractivity contribution in [1.82, 2.24) is 4.57 Å². The van der Waals surface area contributed by atoms with E-state index in [-0.39, 0.29) is 17.1 Å². The first-order valence-corrected chi connectivity index (χ1v) is 8.41. The maximum absolute atomic E-state index is 13.3. The van der Waals surface area contributed by atoms with Gasteiger partial charge in [0.2, 0.25) is 0 Å². The van der Waals surface area contributed by atoms with Crippen molar-refractivity contribution in [3.63, 3.8) is 0 Å². The highest BCUT2D eigenvalue weighted by atomic mass is 19.1. The Bertz CT molecular complexity index is 915. The number of pyridine rings is 1. The number of nitrogens with zero attached hydrogens (tertiary/aromatic N) is 1. The maximum atomic E-state index is 13.3. The van der Waals surface area contributed by atoms with E-state index < -0.39 is 0 Å². The SMILES string of the molecule is CCCCc1c(O)cc(-c2ccc(F)cc2)n(-c2ccccc2)c1=O. The molecule has 3 aromatic rings. The third-order valence-electron chi connectivity index (χ3n) is 4.22. The van der Waals surface area contributed by atoms with Crippen molar-refractivity contribution in [3.8, 4) is 22.7 Å². The van der Waals surface area contributed by atoms with Crippen LogP contribution in [0.4, 0.5) is 4.39 Å². The third kappa shape index (κ3) is 3.48. The number of hydrogen-bond donors (Lipinski definition) is 1. The second-order valence-electron chi connectivity index (χ2n) is 5.98. The van der Waals surface area contributed by atoms with Crippen LogP contribution < -0.4 is 5.56 Å². The minimum atomic E-state index is -0.346. The summed E-state index contributed by atoms with van der Waals surface area (Å²) in [7, 11) is 0. The van der Waals surface area contributed by atoms with Crippen LogP contribution in [0.25, 0.3) is 16.9 Å². The smallest absolute Gasteiger partial charge is 0.262 e. The summed E-state index contributed by atoms with van der Waals surface area (Å²) in [5.74, 6) is -0.355. The molecule has 2 aromatic carbocycles. The van der Waals surface area contributed by atoms with E-state index in [4.69, 9.17) is 0 Å². The Balaban J connectivity index is 2.27. The molecule has 4 heteroatoms. The highest BCUT2D eigenvalue weighted by Gasteiger charge is 2.16. The number of benzene rings is 2. The Labute approximate surface area is 146 Å². The summed E-state index contributed by atoms with van der Waals surface area (Å²) in [6.45, 7) is 2.04. The van der Waals surface area contributed by atoms with E-state index in [9.17, 15) is 14.3 Å². The molecule has 0 atom stereocenters. The van der Waals surface area contributed by atoms with Crippen molar-refractivity contribution in [3.05, 3.63) is 82.4 Å². The number of hydrogen-bond acceptors (Lipinski definition) is 2. The van der Waals surface area contributed by atoms with Crippen molar-refractivity contribution >= 4 is 0 Å². The number of para-hydroxylation sites is 1. The number of aromatic nitrogens is 1. The number of unbranched alkanes of at least 4 members (excludes halogenated alkanes) is 1. The third-order valence-corrected chi connectivity index (χ3v) is 4.22. The van der Waals surface area contributed by atoms with E-state index in [2.05, 4.69) is 0 Å². The average Bonchev–Trinajstić information content (AvgIpc) is 2.62. The van der Waals surface area contributed by atoms with Crippen molar-refractivity contribution in [1.29, 1.82) is 0 Å². The summed E-state index contributed by atoms with van der Waals surface area (Å²) in [4.78, 5) is 13.1. The molecule has 0 aliphatic rings. The summed E-state index contributed by atoms with van der Waals surface area (Å²) in [6.07, 6.45) is 2.29. The van der Waals surface area contributed by atoms with E-state index in [0.717, 1.165) is 12.8 Å². The molecular weight excluding hydrogens is 317 g/mol. The summed E-state index contributed by atoms with van der Waals surface area (Å²) < 4.78 is 14.9. The predicted molar refractivity (Wildman–Crippen MR) is 97.7 cm³/mol. The molecule has 128 valence electrons. The van der Waals surface area contributed by atoms with Gasteiger partial charge in [0.15, 0.2) is 0 Å². The topological polar surface area (TPSA) is 42.2 Å². The van der Waals surface area contributed by atoms with Crippen LogP contribution in [0.1, 0.15) is 25.3 Å². The number of aromatic hydroxyl groups is 1. The number of halogens is 1. The molecule has 0 saturated heterocycles. The van der Waals surface area contributed by atoms with Gasteiger partial charge < -0.3 is 5.11 Å². The first kappa shape index (κ1) is 17.0. The van der Waals surface area contributed by atoms with E-state index in [1.54, 1.807) is 22.8 Å². The van der Waals surface area contributed by atoms with Crippen LogP contribution in [0.5, 0.6) is 5.75 Å². The first-order chi connectivity index (χ1) is 12.1. The van der Waals surface area contributed by atoms with Gasteiger partial charge in [0, 0.05) is 11.8 Å². The predicted octanol–water partition coefficient (Wildman–Crippen LogP) is 4.69. The fourth-order valence-electron chi connectivity index (χ4n) is 2.89. The molecule has 0 fully saturated rings.